The third-order valence-electron chi connectivity index (χ3n) is 6.44. The molecule has 11 heteroatoms. The van der Waals surface area contributed by atoms with E-state index in [1.807, 2.05) is 31.2 Å². The molecule has 0 aliphatic rings. The van der Waals surface area contributed by atoms with Crippen molar-refractivity contribution in [2.24, 2.45) is 0 Å². The van der Waals surface area contributed by atoms with Gasteiger partial charge in [-0.3, -0.25) is 13.9 Å². The molecule has 1 N–H and O–H groups in total. The van der Waals surface area contributed by atoms with Gasteiger partial charge in [0.15, 0.2) is 11.5 Å². The Hall–Kier alpha value is -3.76. The second-order valence-electron chi connectivity index (χ2n) is 9.05. The number of halogens is 1. The van der Waals surface area contributed by atoms with Gasteiger partial charge in [-0.2, -0.15) is 0 Å². The lowest BCUT2D eigenvalue weighted by Gasteiger charge is -2.33. The van der Waals surface area contributed by atoms with Gasteiger partial charge in [0.1, 0.15) is 12.6 Å². The van der Waals surface area contributed by atoms with E-state index in [9.17, 15) is 18.0 Å². The Morgan fingerprint density at radius 1 is 0.950 bits per heavy atom. The zero-order chi connectivity index (χ0) is 29.4. The monoisotopic (exact) mass is 587 g/mol. The first kappa shape index (κ1) is 30.8. The Morgan fingerprint density at radius 2 is 1.57 bits per heavy atom. The van der Waals surface area contributed by atoms with Crippen molar-refractivity contribution in [1.29, 1.82) is 0 Å². The normalized spacial score (nSPS) is 11.8. The van der Waals surface area contributed by atoms with Crippen LogP contribution in [0, 0.1) is 6.92 Å². The highest BCUT2D eigenvalue weighted by atomic mass is 35.5. The first-order valence-corrected chi connectivity index (χ1v) is 14.4. The maximum atomic E-state index is 14.0. The molecule has 0 aliphatic carbocycles. The number of nitrogens with zero attached hydrogens (tertiary/aromatic N) is 2. The van der Waals surface area contributed by atoms with Gasteiger partial charge in [-0.15, -0.1) is 0 Å². The van der Waals surface area contributed by atoms with Crippen LogP contribution in [0.25, 0.3) is 0 Å². The fourth-order valence-corrected chi connectivity index (χ4v) is 5.77. The molecule has 0 fully saturated rings. The van der Waals surface area contributed by atoms with E-state index in [0.717, 1.165) is 15.4 Å². The summed E-state index contributed by atoms with van der Waals surface area (Å²) < 4.78 is 39.6. The summed E-state index contributed by atoms with van der Waals surface area (Å²) in [5.74, 6) is -0.312. The molecule has 0 spiro atoms. The van der Waals surface area contributed by atoms with Gasteiger partial charge < -0.3 is 19.7 Å². The van der Waals surface area contributed by atoms with E-state index in [1.165, 1.54) is 56.5 Å². The molecule has 3 rings (SSSR count). The number of methoxy groups -OCH3 is 2. The number of nitrogens with one attached hydrogen (secondary N) is 1. The van der Waals surface area contributed by atoms with Crippen molar-refractivity contribution in [3.05, 3.63) is 82.9 Å². The summed E-state index contributed by atoms with van der Waals surface area (Å²) >= 11 is 6.07. The number of ether oxygens (including phenoxy) is 2. The zero-order valence-corrected chi connectivity index (χ0v) is 24.8. The highest BCUT2D eigenvalue weighted by Crippen LogP contribution is 2.32. The molecular weight excluding hydrogens is 554 g/mol. The number of likely N-dealkylation sites (N-methyl/N-ethyl adjacent to an activating group) is 1. The topological polar surface area (TPSA) is 105 Å². The average Bonchev–Trinajstić information content (AvgIpc) is 2.96. The van der Waals surface area contributed by atoms with E-state index in [0.29, 0.717) is 17.2 Å². The van der Waals surface area contributed by atoms with Crippen molar-refractivity contribution < 1.29 is 27.5 Å². The maximum absolute atomic E-state index is 14.0. The van der Waals surface area contributed by atoms with Gasteiger partial charge in [-0.1, -0.05) is 48.4 Å². The minimum atomic E-state index is -4.28. The van der Waals surface area contributed by atoms with Crippen LogP contribution in [0.4, 0.5) is 5.69 Å². The van der Waals surface area contributed by atoms with Crippen molar-refractivity contribution in [1.82, 2.24) is 10.2 Å². The Kier molecular flexibility index (Phi) is 10.4. The molecule has 0 saturated heterocycles. The van der Waals surface area contributed by atoms with E-state index in [1.54, 1.807) is 19.1 Å². The van der Waals surface area contributed by atoms with Crippen LogP contribution in [0.3, 0.4) is 0 Å². The molecule has 0 radical (unpaired) electrons. The standard InChI is InChI=1S/C29H34ClN3O6S/c1-6-25(29(35)31-3)32(18-21-9-7-20(2)8-10-21)28(34)19-33(23-13-11-22(30)12-14-23)40(36,37)24-15-16-26(38-4)27(17-24)39-5/h7-17,25H,6,18-19H2,1-5H3,(H,31,35)/t25-/m1/s1. The van der Waals surface area contributed by atoms with Gasteiger partial charge >= 0.3 is 0 Å². The highest BCUT2D eigenvalue weighted by molar-refractivity contribution is 7.92. The number of hydrogen-bond donors (Lipinski definition) is 1. The number of anilines is 1. The van der Waals surface area contributed by atoms with Crippen molar-refractivity contribution in [2.45, 2.75) is 37.8 Å². The Balaban J connectivity index is 2.08. The van der Waals surface area contributed by atoms with Gasteiger partial charge in [0.25, 0.3) is 10.0 Å². The first-order chi connectivity index (χ1) is 19.0. The molecular formula is C29H34ClN3O6S. The van der Waals surface area contributed by atoms with E-state index in [2.05, 4.69) is 5.32 Å². The van der Waals surface area contributed by atoms with Crippen LogP contribution >= 0.6 is 11.6 Å². The molecule has 0 saturated carbocycles. The predicted octanol–water partition coefficient (Wildman–Crippen LogP) is 4.41. The van der Waals surface area contributed by atoms with Gasteiger partial charge in [-0.25, -0.2) is 8.42 Å². The molecule has 40 heavy (non-hydrogen) atoms. The smallest absolute Gasteiger partial charge is 0.264 e. The summed E-state index contributed by atoms with van der Waals surface area (Å²) in [4.78, 5) is 28.1. The maximum Gasteiger partial charge on any atom is 0.264 e. The first-order valence-electron chi connectivity index (χ1n) is 12.6. The number of amides is 2. The average molecular weight is 588 g/mol. The zero-order valence-electron chi connectivity index (χ0n) is 23.2. The fraction of sp³-hybridized carbons (Fsp3) is 0.310. The second kappa shape index (κ2) is 13.5. The van der Waals surface area contributed by atoms with Crippen LogP contribution in [0.15, 0.2) is 71.6 Å². The van der Waals surface area contributed by atoms with Crippen LogP contribution in [-0.2, 0) is 26.2 Å². The molecule has 1 atom stereocenters. The number of rotatable bonds is 12. The number of carbonyl (C=O) groups excluding carboxylic acids is 2. The molecule has 3 aromatic carbocycles. The Labute approximate surface area is 240 Å². The van der Waals surface area contributed by atoms with Gasteiger partial charge in [0.05, 0.1) is 24.8 Å². The minimum absolute atomic E-state index is 0.101. The summed E-state index contributed by atoms with van der Waals surface area (Å²) in [6.07, 6.45) is 0.334. The van der Waals surface area contributed by atoms with Gasteiger partial charge in [-0.05, 0) is 55.3 Å². The highest BCUT2D eigenvalue weighted by Gasteiger charge is 2.33. The van der Waals surface area contributed by atoms with Crippen molar-refractivity contribution in [3.63, 3.8) is 0 Å². The van der Waals surface area contributed by atoms with Crippen molar-refractivity contribution >= 4 is 39.1 Å². The third kappa shape index (κ3) is 7.05. The van der Waals surface area contributed by atoms with E-state index < -0.39 is 28.5 Å². The van der Waals surface area contributed by atoms with Crippen LogP contribution in [0.5, 0.6) is 11.5 Å². The Bertz CT molecular complexity index is 1430. The molecule has 0 unspecified atom stereocenters. The molecule has 0 aliphatic heterocycles. The number of aryl methyl sites for hydroxylation is 1. The summed E-state index contributed by atoms with van der Waals surface area (Å²) in [6, 6.07) is 17.1. The van der Waals surface area contributed by atoms with E-state index in [4.69, 9.17) is 21.1 Å². The largest absolute Gasteiger partial charge is 0.493 e. The van der Waals surface area contributed by atoms with Gasteiger partial charge in [0, 0.05) is 24.7 Å². The lowest BCUT2D eigenvalue weighted by Crippen LogP contribution is -2.51. The van der Waals surface area contributed by atoms with E-state index in [-0.39, 0.29) is 28.8 Å². The molecule has 0 heterocycles. The third-order valence-corrected chi connectivity index (χ3v) is 8.46. The van der Waals surface area contributed by atoms with E-state index >= 15 is 0 Å². The second-order valence-corrected chi connectivity index (χ2v) is 11.3. The summed E-state index contributed by atoms with van der Waals surface area (Å²) in [5.41, 5.74) is 2.09. The molecule has 0 aromatic heterocycles. The molecule has 2 amide bonds. The summed E-state index contributed by atoms with van der Waals surface area (Å²) in [5, 5.41) is 3.02. The van der Waals surface area contributed by atoms with Crippen molar-refractivity contribution in [3.8, 4) is 11.5 Å². The summed E-state index contributed by atoms with van der Waals surface area (Å²) in [6.45, 7) is 3.31. The SMILES string of the molecule is CC[C@H](C(=O)NC)N(Cc1ccc(C)cc1)C(=O)CN(c1ccc(Cl)cc1)S(=O)(=O)c1ccc(OC)c(OC)c1. The molecule has 9 nitrogen and oxygen atoms in total. The van der Waals surface area contributed by atoms with Crippen LogP contribution < -0.4 is 19.1 Å². The predicted molar refractivity (Wildman–Crippen MR) is 155 cm³/mol. The minimum Gasteiger partial charge on any atom is -0.493 e. The lowest BCUT2D eigenvalue weighted by atomic mass is 10.1. The summed E-state index contributed by atoms with van der Waals surface area (Å²) in [7, 11) is 0.0703. The molecule has 214 valence electrons. The number of hydrogen-bond acceptors (Lipinski definition) is 6. The van der Waals surface area contributed by atoms with Crippen LogP contribution in [0.1, 0.15) is 24.5 Å². The molecule has 3 aromatic rings. The quantitative estimate of drug-likeness (QED) is 0.336. The molecule has 0 bridgehead atoms. The Morgan fingerprint density at radius 3 is 2.12 bits per heavy atom. The fourth-order valence-electron chi connectivity index (χ4n) is 4.22. The van der Waals surface area contributed by atoms with Crippen LogP contribution in [-0.4, -0.2) is 59.0 Å². The van der Waals surface area contributed by atoms with Gasteiger partial charge in [0.2, 0.25) is 11.8 Å². The number of benzene rings is 3. The van der Waals surface area contributed by atoms with Crippen molar-refractivity contribution in [2.75, 3.05) is 32.1 Å². The number of sulfonamides is 1. The van der Waals surface area contributed by atoms with Crippen LogP contribution in [0.2, 0.25) is 5.02 Å². The number of carbonyl (C=O) groups is 2. The lowest BCUT2D eigenvalue weighted by molar-refractivity contribution is -0.140.